The summed E-state index contributed by atoms with van der Waals surface area (Å²) < 4.78 is 38.8. The minimum absolute atomic E-state index is 0.208. The van der Waals surface area contributed by atoms with Crippen LogP contribution in [0.25, 0.3) is 0 Å². The third-order valence-corrected chi connectivity index (χ3v) is 5.68. The predicted octanol–water partition coefficient (Wildman–Crippen LogP) is 4.51. The van der Waals surface area contributed by atoms with Crippen LogP contribution in [0.15, 0.2) is 60.7 Å². The molecule has 0 saturated heterocycles. The SMILES string of the molecule is OCC(N[C@H]1CC[C@@H](N(Cc2ccccc2)Cc2ccccc2)CC1)C(F)(F)F. The Morgan fingerprint density at radius 1 is 0.862 bits per heavy atom. The molecule has 0 aliphatic heterocycles. The molecule has 158 valence electrons. The highest BCUT2D eigenvalue weighted by molar-refractivity contribution is 5.17. The third-order valence-electron chi connectivity index (χ3n) is 5.68. The zero-order valence-electron chi connectivity index (χ0n) is 16.5. The molecule has 6 heteroatoms. The van der Waals surface area contributed by atoms with Gasteiger partial charge >= 0.3 is 6.18 Å². The maximum atomic E-state index is 12.9. The Morgan fingerprint density at radius 3 is 1.76 bits per heavy atom. The summed E-state index contributed by atoms with van der Waals surface area (Å²) in [6.45, 7) is 0.720. The molecule has 0 radical (unpaired) electrons. The zero-order chi connectivity index (χ0) is 20.7. The van der Waals surface area contributed by atoms with E-state index in [1.165, 1.54) is 11.1 Å². The van der Waals surface area contributed by atoms with E-state index in [9.17, 15) is 13.2 Å². The molecule has 1 saturated carbocycles. The summed E-state index contributed by atoms with van der Waals surface area (Å²) in [5.74, 6) is 0. The molecule has 1 unspecified atom stereocenters. The van der Waals surface area contributed by atoms with Crippen molar-refractivity contribution in [3.05, 3.63) is 71.8 Å². The lowest BCUT2D eigenvalue weighted by Crippen LogP contribution is -2.51. The molecular weight excluding hydrogens is 377 g/mol. The second-order valence-electron chi connectivity index (χ2n) is 7.83. The van der Waals surface area contributed by atoms with Gasteiger partial charge in [0.05, 0.1) is 6.61 Å². The Morgan fingerprint density at radius 2 is 1.34 bits per heavy atom. The van der Waals surface area contributed by atoms with Crippen molar-refractivity contribution in [2.45, 2.75) is 63.1 Å². The van der Waals surface area contributed by atoms with Gasteiger partial charge in [-0.05, 0) is 36.8 Å². The van der Waals surface area contributed by atoms with Gasteiger partial charge in [0.2, 0.25) is 0 Å². The van der Waals surface area contributed by atoms with Gasteiger partial charge < -0.3 is 10.4 Å². The van der Waals surface area contributed by atoms with Crippen molar-refractivity contribution in [2.75, 3.05) is 6.61 Å². The first-order valence-corrected chi connectivity index (χ1v) is 10.2. The molecule has 1 fully saturated rings. The van der Waals surface area contributed by atoms with E-state index in [0.717, 1.165) is 25.9 Å². The highest BCUT2D eigenvalue weighted by atomic mass is 19.4. The van der Waals surface area contributed by atoms with Gasteiger partial charge in [-0.1, -0.05) is 60.7 Å². The molecule has 29 heavy (non-hydrogen) atoms. The summed E-state index contributed by atoms with van der Waals surface area (Å²) >= 11 is 0. The van der Waals surface area contributed by atoms with Crippen LogP contribution in [0.2, 0.25) is 0 Å². The van der Waals surface area contributed by atoms with Gasteiger partial charge in [-0.25, -0.2) is 0 Å². The number of alkyl halides is 3. The standard InChI is InChI=1S/C23H29F3N2O/c24-23(25,26)22(17-29)27-20-11-13-21(14-12-20)28(15-18-7-3-1-4-8-18)16-19-9-5-2-6-10-19/h1-10,20-22,27,29H,11-17H2/t20-,21+,22?. The first-order valence-electron chi connectivity index (χ1n) is 10.2. The zero-order valence-corrected chi connectivity index (χ0v) is 16.5. The van der Waals surface area contributed by atoms with Gasteiger partial charge in [-0.3, -0.25) is 4.90 Å². The summed E-state index contributed by atoms with van der Waals surface area (Å²) in [6, 6.07) is 18.8. The monoisotopic (exact) mass is 406 g/mol. The lowest BCUT2D eigenvalue weighted by molar-refractivity contribution is -0.166. The van der Waals surface area contributed by atoms with Crippen molar-refractivity contribution in [1.29, 1.82) is 0 Å². The number of nitrogens with zero attached hydrogens (tertiary/aromatic N) is 1. The quantitative estimate of drug-likeness (QED) is 0.677. The molecule has 0 spiro atoms. The van der Waals surface area contributed by atoms with Gasteiger partial charge in [0.1, 0.15) is 6.04 Å². The van der Waals surface area contributed by atoms with E-state index < -0.39 is 18.8 Å². The molecule has 3 nitrogen and oxygen atoms in total. The van der Waals surface area contributed by atoms with Crippen LogP contribution >= 0.6 is 0 Å². The van der Waals surface area contributed by atoms with E-state index in [1.54, 1.807) is 0 Å². The summed E-state index contributed by atoms with van der Waals surface area (Å²) in [7, 11) is 0. The highest BCUT2D eigenvalue weighted by Crippen LogP contribution is 2.28. The Labute approximate surface area is 170 Å². The second kappa shape index (κ2) is 10.2. The topological polar surface area (TPSA) is 35.5 Å². The molecule has 3 rings (SSSR count). The molecule has 1 aliphatic rings. The molecule has 2 aromatic rings. The fourth-order valence-electron chi connectivity index (χ4n) is 4.09. The van der Waals surface area contributed by atoms with Crippen molar-refractivity contribution in [3.63, 3.8) is 0 Å². The molecule has 0 heterocycles. The summed E-state index contributed by atoms with van der Waals surface area (Å²) in [6.07, 6.45) is -1.38. The highest BCUT2D eigenvalue weighted by Gasteiger charge is 2.40. The van der Waals surface area contributed by atoms with Gasteiger partial charge in [0.25, 0.3) is 0 Å². The van der Waals surface area contributed by atoms with E-state index in [1.807, 2.05) is 36.4 Å². The van der Waals surface area contributed by atoms with Gasteiger partial charge in [0.15, 0.2) is 0 Å². The van der Waals surface area contributed by atoms with E-state index in [4.69, 9.17) is 5.11 Å². The number of nitrogens with one attached hydrogen (secondary N) is 1. The number of aliphatic hydroxyl groups is 1. The third kappa shape index (κ3) is 6.56. The number of hydrogen-bond donors (Lipinski definition) is 2. The summed E-state index contributed by atoms with van der Waals surface area (Å²) in [4.78, 5) is 2.44. The number of halogens is 3. The predicted molar refractivity (Wildman–Crippen MR) is 108 cm³/mol. The van der Waals surface area contributed by atoms with Crippen molar-refractivity contribution in [3.8, 4) is 0 Å². The van der Waals surface area contributed by atoms with E-state index in [0.29, 0.717) is 18.9 Å². The van der Waals surface area contributed by atoms with Crippen molar-refractivity contribution in [1.82, 2.24) is 10.2 Å². The maximum absolute atomic E-state index is 12.9. The largest absolute Gasteiger partial charge is 0.406 e. The smallest absolute Gasteiger partial charge is 0.394 e. The van der Waals surface area contributed by atoms with E-state index in [2.05, 4.69) is 34.5 Å². The second-order valence-corrected chi connectivity index (χ2v) is 7.83. The molecule has 1 aliphatic carbocycles. The van der Waals surface area contributed by atoms with Crippen molar-refractivity contribution < 1.29 is 18.3 Å². The fraction of sp³-hybridized carbons (Fsp3) is 0.478. The summed E-state index contributed by atoms with van der Waals surface area (Å²) in [5, 5.41) is 11.7. The number of rotatable bonds is 8. The van der Waals surface area contributed by atoms with Crippen molar-refractivity contribution in [2.24, 2.45) is 0 Å². The molecule has 0 aromatic heterocycles. The molecule has 2 aromatic carbocycles. The van der Waals surface area contributed by atoms with Crippen LogP contribution in [0.5, 0.6) is 0 Å². The molecule has 1 atom stereocenters. The van der Waals surface area contributed by atoms with Crippen molar-refractivity contribution >= 4 is 0 Å². The maximum Gasteiger partial charge on any atom is 0.406 e. The number of benzene rings is 2. The van der Waals surface area contributed by atoms with Crippen LogP contribution in [0.4, 0.5) is 13.2 Å². The molecule has 2 N–H and O–H groups in total. The lowest BCUT2D eigenvalue weighted by atomic mass is 9.89. The van der Waals surface area contributed by atoms with Crippen LogP contribution in [0.3, 0.4) is 0 Å². The Bertz CT molecular complexity index is 674. The van der Waals surface area contributed by atoms with E-state index >= 15 is 0 Å². The Kier molecular flexibility index (Phi) is 7.70. The normalized spacial score (nSPS) is 21.3. The van der Waals surface area contributed by atoms with Gasteiger partial charge in [-0.15, -0.1) is 0 Å². The van der Waals surface area contributed by atoms with Crippen LogP contribution in [-0.2, 0) is 13.1 Å². The minimum atomic E-state index is -4.42. The first kappa shape index (κ1) is 21.8. The van der Waals surface area contributed by atoms with Crippen LogP contribution in [0.1, 0.15) is 36.8 Å². The minimum Gasteiger partial charge on any atom is -0.394 e. The van der Waals surface area contributed by atoms with Crippen LogP contribution < -0.4 is 5.32 Å². The summed E-state index contributed by atoms with van der Waals surface area (Å²) in [5.41, 5.74) is 2.47. The number of hydrogen-bond acceptors (Lipinski definition) is 3. The lowest BCUT2D eigenvalue weighted by Gasteiger charge is -2.38. The first-order chi connectivity index (χ1) is 14.0. The molecular formula is C23H29F3N2O. The number of aliphatic hydroxyl groups excluding tert-OH is 1. The average molecular weight is 406 g/mol. The molecule has 0 amide bonds. The van der Waals surface area contributed by atoms with Crippen LogP contribution in [-0.4, -0.2) is 40.9 Å². The fourth-order valence-corrected chi connectivity index (χ4v) is 4.09. The van der Waals surface area contributed by atoms with Gasteiger partial charge in [0, 0.05) is 25.2 Å². The Balaban J connectivity index is 1.63. The van der Waals surface area contributed by atoms with Gasteiger partial charge in [-0.2, -0.15) is 13.2 Å². The Hall–Kier alpha value is -1.89. The van der Waals surface area contributed by atoms with Crippen LogP contribution in [0, 0.1) is 0 Å². The average Bonchev–Trinajstić information content (AvgIpc) is 2.73. The molecule has 0 bridgehead atoms. The van der Waals surface area contributed by atoms with E-state index in [-0.39, 0.29) is 6.04 Å².